The largest absolute Gasteiger partial charge is 0.428 e. The van der Waals surface area contributed by atoms with E-state index < -0.39 is 71.1 Å². The molecule has 0 amide bonds. The molecule has 5 rings (SSSR count). The summed E-state index contributed by atoms with van der Waals surface area (Å²) in [6.07, 6.45) is -5.46. The number of hydrogen-bond acceptors (Lipinski definition) is 6. The second-order valence-electron chi connectivity index (χ2n) is 9.44. The van der Waals surface area contributed by atoms with Crippen LogP contribution in [0.15, 0.2) is 119 Å². The summed E-state index contributed by atoms with van der Waals surface area (Å²) in [5.41, 5.74) is -0.566. The first-order valence-electron chi connectivity index (χ1n) is 12.3. The first-order chi connectivity index (χ1) is 21.0. The van der Waals surface area contributed by atoms with Crippen molar-refractivity contribution >= 4 is 20.2 Å². The highest BCUT2D eigenvalue weighted by molar-refractivity contribution is 7.86. The highest BCUT2D eigenvalue weighted by atomic mass is 32.2. The minimum absolute atomic E-state index is 0.115. The van der Waals surface area contributed by atoms with Crippen LogP contribution in [0.3, 0.4) is 0 Å². The van der Waals surface area contributed by atoms with Crippen LogP contribution in [0.2, 0.25) is 0 Å². The lowest BCUT2D eigenvalue weighted by molar-refractivity contribution is 0.241. The Balaban J connectivity index is 1.86. The molecule has 0 aromatic heterocycles. The van der Waals surface area contributed by atoms with Crippen molar-refractivity contribution in [1.82, 2.24) is 0 Å². The minimum atomic E-state index is -4.83. The van der Waals surface area contributed by atoms with Crippen LogP contribution in [0.1, 0.15) is 22.3 Å². The van der Waals surface area contributed by atoms with E-state index in [0.29, 0.717) is 11.1 Å². The molecule has 234 valence electrons. The maximum Gasteiger partial charge on any atom is 0.344 e. The normalized spacial score (nSPS) is 13.4. The summed E-state index contributed by atoms with van der Waals surface area (Å²) in [4.78, 5) is -1.16. The molecule has 45 heavy (non-hydrogen) atoms. The molecular formula is C29H16F6O8S2. The van der Waals surface area contributed by atoms with Crippen molar-refractivity contribution in [3.05, 3.63) is 131 Å². The van der Waals surface area contributed by atoms with Gasteiger partial charge in [-0.1, -0.05) is 36.4 Å². The van der Waals surface area contributed by atoms with Crippen molar-refractivity contribution in [2.45, 2.75) is 15.2 Å². The average Bonchev–Trinajstić information content (AvgIpc) is 3.27. The van der Waals surface area contributed by atoms with Gasteiger partial charge in [0.2, 0.25) is 0 Å². The zero-order valence-corrected chi connectivity index (χ0v) is 23.6. The molecule has 0 atom stereocenters. The summed E-state index contributed by atoms with van der Waals surface area (Å²) >= 11 is 0. The molecule has 0 fully saturated rings. The Morgan fingerprint density at radius 3 is 1.16 bits per heavy atom. The molecule has 4 aromatic rings. The smallest absolute Gasteiger partial charge is 0.344 e. The van der Waals surface area contributed by atoms with Gasteiger partial charge in [-0.25, -0.2) is 0 Å². The van der Waals surface area contributed by atoms with Crippen LogP contribution < -0.4 is 9.47 Å². The van der Waals surface area contributed by atoms with Gasteiger partial charge in [0.25, 0.3) is 20.2 Å². The highest BCUT2D eigenvalue weighted by Crippen LogP contribution is 2.57. The monoisotopic (exact) mass is 670 g/mol. The van der Waals surface area contributed by atoms with E-state index >= 15 is 0 Å². The van der Waals surface area contributed by atoms with Gasteiger partial charge < -0.3 is 9.47 Å². The number of benzene rings is 4. The third-order valence-electron chi connectivity index (χ3n) is 6.96. The van der Waals surface area contributed by atoms with E-state index in [4.69, 9.17) is 0 Å². The van der Waals surface area contributed by atoms with Crippen molar-refractivity contribution in [3.8, 4) is 22.6 Å². The van der Waals surface area contributed by atoms with E-state index in [-0.39, 0.29) is 22.3 Å². The fourth-order valence-electron chi connectivity index (χ4n) is 5.22. The fraction of sp³-hybridized carbons (Fsp3) is 0.0345. The molecule has 0 saturated carbocycles. The molecule has 16 heteroatoms. The molecule has 8 nitrogen and oxygen atoms in total. The Morgan fingerprint density at radius 2 is 0.867 bits per heavy atom. The van der Waals surface area contributed by atoms with E-state index in [1.807, 2.05) is 0 Å². The van der Waals surface area contributed by atoms with Gasteiger partial charge >= 0.3 is 24.2 Å². The summed E-state index contributed by atoms with van der Waals surface area (Å²) in [5.74, 6) is -0.787. The first kappa shape index (κ1) is 31.8. The predicted molar refractivity (Wildman–Crippen MR) is 145 cm³/mol. The van der Waals surface area contributed by atoms with Gasteiger partial charge in [0.15, 0.2) is 0 Å². The molecule has 1 aliphatic rings. The quantitative estimate of drug-likeness (QED) is 0.0996. The lowest BCUT2D eigenvalue weighted by Crippen LogP contribution is -2.29. The van der Waals surface area contributed by atoms with Gasteiger partial charge in [0.05, 0.1) is 15.2 Å². The van der Waals surface area contributed by atoms with E-state index in [1.165, 1.54) is 36.4 Å². The summed E-state index contributed by atoms with van der Waals surface area (Å²) in [7, 11) is -9.65. The van der Waals surface area contributed by atoms with Gasteiger partial charge in [-0.2, -0.15) is 43.2 Å². The topological polar surface area (TPSA) is 127 Å². The maximum absolute atomic E-state index is 13.5. The Labute approximate surface area is 251 Å². The molecule has 4 aromatic carbocycles. The molecule has 0 bridgehead atoms. The van der Waals surface area contributed by atoms with E-state index in [9.17, 15) is 52.3 Å². The van der Waals surface area contributed by atoms with Gasteiger partial charge in [-0.15, -0.1) is 0 Å². The number of rotatable bonds is 8. The Kier molecular flexibility index (Phi) is 8.03. The lowest BCUT2D eigenvalue weighted by atomic mass is 9.67. The summed E-state index contributed by atoms with van der Waals surface area (Å²) in [6, 6.07) is 12.1. The minimum Gasteiger partial charge on any atom is -0.428 e. The average molecular weight is 671 g/mol. The standard InChI is InChI=1S/C29H16F6O8S2/c30-25(31)27(34)42-17-5-1-15(2-6-17)29(16-3-7-18(8-4-16)43-28(35)26(32)33)23-13-19(44(36,37)38)9-11-21(23)22-12-10-20(14-24(22)29)45(39,40)41/h1-14H,(H,36,37,38)(H,39,40,41). The Morgan fingerprint density at radius 1 is 0.533 bits per heavy atom. The number of fused-ring (bicyclic) bond motifs is 3. The van der Waals surface area contributed by atoms with Gasteiger partial charge in [-0.3, -0.25) is 9.11 Å². The van der Waals surface area contributed by atoms with Crippen LogP contribution in [-0.2, 0) is 25.7 Å². The highest BCUT2D eigenvalue weighted by Gasteiger charge is 2.47. The van der Waals surface area contributed by atoms with Gasteiger partial charge in [0.1, 0.15) is 11.5 Å². The van der Waals surface area contributed by atoms with Crippen molar-refractivity contribution in [2.24, 2.45) is 0 Å². The molecule has 1 aliphatic carbocycles. The van der Waals surface area contributed by atoms with Gasteiger partial charge in [0, 0.05) is 0 Å². The second-order valence-corrected chi connectivity index (χ2v) is 12.3. The van der Waals surface area contributed by atoms with E-state index in [1.54, 1.807) is 0 Å². The molecule has 0 radical (unpaired) electrons. The Bertz CT molecular complexity index is 1950. The summed E-state index contributed by atoms with van der Waals surface area (Å²) in [6.45, 7) is 0. The van der Waals surface area contributed by atoms with Crippen molar-refractivity contribution < 1.29 is 61.8 Å². The molecule has 0 spiro atoms. The zero-order valence-electron chi connectivity index (χ0n) is 22.0. The van der Waals surface area contributed by atoms with Crippen LogP contribution in [0.4, 0.5) is 26.3 Å². The van der Waals surface area contributed by atoms with Crippen LogP contribution in [0.5, 0.6) is 11.5 Å². The van der Waals surface area contributed by atoms with E-state index in [0.717, 1.165) is 48.5 Å². The molecule has 0 heterocycles. The van der Waals surface area contributed by atoms with Crippen molar-refractivity contribution in [1.29, 1.82) is 0 Å². The van der Waals surface area contributed by atoms with Crippen molar-refractivity contribution in [2.75, 3.05) is 0 Å². The van der Waals surface area contributed by atoms with Gasteiger partial charge in [-0.05, 0) is 81.9 Å². The summed E-state index contributed by atoms with van der Waals surface area (Å²) in [5, 5.41) is 0. The Hall–Kier alpha value is -4.64. The number of hydrogen-bond donors (Lipinski definition) is 2. The van der Waals surface area contributed by atoms with Crippen LogP contribution in [0.25, 0.3) is 11.1 Å². The van der Waals surface area contributed by atoms with Crippen molar-refractivity contribution in [3.63, 3.8) is 0 Å². The molecular weight excluding hydrogens is 654 g/mol. The zero-order chi connectivity index (χ0) is 32.9. The maximum atomic E-state index is 13.5. The van der Waals surface area contributed by atoms with Crippen LogP contribution >= 0.6 is 0 Å². The number of halogens is 6. The summed E-state index contributed by atoms with van der Waals surface area (Å²) < 4.78 is 155. The predicted octanol–water partition coefficient (Wildman–Crippen LogP) is 7.37. The van der Waals surface area contributed by atoms with Crippen LogP contribution in [0, 0.1) is 0 Å². The number of ether oxygens (including phenoxy) is 2. The molecule has 0 aliphatic heterocycles. The van der Waals surface area contributed by atoms with Crippen LogP contribution in [-0.4, -0.2) is 25.9 Å². The lowest BCUT2D eigenvalue weighted by Gasteiger charge is -2.34. The SMILES string of the molecule is O=S(=O)(O)c1ccc2c(c1)C(c1ccc(OC(F)=C(F)F)cc1)(c1ccc(OC(F)=C(F)F)cc1)c1cc(S(=O)(=O)O)ccc1-2. The molecule has 0 unspecified atom stereocenters. The molecule has 0 saturated heterocycles. The third kappa shape index (κ3) is 5.80. The first-order valence-corrected chi connectivity index (χ1v) is 15.1. The third-order valence-corrected chi connectivity index (χ3v) is 8.66. The molecule has 2 N–H and O–H groups in total. The second kappa shape index (κ2) is 11.4. The van der Waals surface area contributed by atoms with E-state index in [2.05, 4.69) is 9.47 Å². The fourth-order valence-corrected chi connectivity index (χ4v) is 6.24.